The molecule has 1 rings (SSSR count). The van der Waals surface area contributed by atoms with Crippen LogP contribution in [0.5, 0.6) is 0 Å². The van der Waals surface area contributed by atoms with E-state index in [9.17, 15) is 0 Å². The Hall–Kier alpha value is -1.34. The van der Waals surface area contributed by atoms with Crippen LogP contribution in [-0.2, 0) is 14.2 Å². The summed E-state index contributed by atoms with van der Waals surface area (Å²) in [6.45, 7) is 0. The van der Waals surface area contributed by atoms with Gasteiger partial charge in [0.15, 0.2) is 0 Å². The summed E-state index contributed by atoms with van der Waals surface area (Å²) in [5.41, 5.74) is 2.84. The Bertz CT molecular complexity index is 253. The number of rotatable bonds is 2. The number of methoxy groups -OCH3 is 3. The standard InChI is InChI=1S/C7H14N4O3/c1-8-11-6(13-3)9-5(12-2)10-7(11)14-4/h6,8H,1-4H3. The smallest absolute Gasteiger partial charge is 0.320 e. The highest BCUT2D eigenvalue weighted by atomic mass is 16.5. The number of ether oxygens (including phenoxy) is 3. The molecule has 7 nitrogen and oxygen atoms in total. The molecule has 0 bridgehead atoms. The van der Waals surface area contributed by atoms with Gasteiger partial charge in [-0.3, -0.25) is 0 Å². The summed E-state index contributed by atoms with van der Waals surface area (Å²) in [4.78, 5) is 8.01. The molecule has 0 aromatic rings. The van der Waals surface area contributed by atoms with Gasteiger partial charge in [0.05, 0.1) is 14.2 Å². The fraction of sp³-hybridized carbons (Fsp3) is 0.714. The minimum atomic E-state index is -0.539. The van der Waals surface area contributed by atoms with E-state index in [4.69, 9.17) is 14.2 Å². The van der Waals surface area contributed by atoms with Gasteiger partial charge in [0.25, 0.3) is 0 Å². The van der Waals surface area contributed by atoms with Crippen LogP contribution in [0.15, 0.2) is 9.98 Å². The molecule has 0 spiro atoms. The Kier molecular flexibility index (Phi) is 3.66. The summed E-state index contributed by atoms with van der Waals surface area (Å²) in [7, 11) is 6.24. The Morgan fingerprint density at radius 2 is 2.00 bits per heavy atom. The third-order valence-electron chi connectivity index (χ3n) is 1.66. The molecule has 0 saturated carbocycles. The molecule has 80 valence electrons. The first-order valence-electron chi connectivity index (χ1n) is 4.00. The van der Waals surface area contributed by atoms with Gasteiger partial charge in [0.1, 0.15) is 0 Å². The molecule has 1 N–H and O–H groups in total. The van der Waals surface area contributed by atoms with Gasteiger partial charge >= 0.3 is 12.0 Å². The summed E-state index contributed by atoms with van der Waals surface area (Å²) in [5.74, 6) is 0. The topological polar surface area (TPSA) is 67.7 Å². The number of amidine groups is 2. The summed E-state index contributed by atoms with van der Waals surface area (Å²) in [6.07, 6.45) is -0.539. The van der Waals surface area contributed by atoms with Gasteiger partial charge in [-0.1, -0.05) is 0 Å². The lowest BCUT2D eigenvalue weighted by Crippen LogP contribution is -2.51. The number of nitrogens with zero attached hydrogens (tertiary/aromatic N) is 3. The number of hydrogen-bond acceptors (Lipinski definition) is 7. The number of hydrogen-bond donors (Lipinski definition) is 1. The second kappa shape index (κ2) is 4.77. The van der Waals surface area contributed by atoms with Crippen molar-refractivity contribution in [3.63, 3.8) is 0 Å². The van der Waals surface area contributed by atoms with Gasteiger partial charge in [-0.25, -0.2) is 10.4 Å². The van der Waals surface area contributed by atoms with E-state index in [0.717, 1.165) is 0 Å². The largest absolute Gasteiger partial charge is 0.467 e. The van der Waals surface area contributed by atoms with E-state index in [1.165, 1.54) is 26.3 Å². The highest BCUT2D eigenvalue weighted by Gasteiger charge is 2.26. The first-order valence-corrected chi connectivity index (χ1v) is 4.00. The van der Waals surface area contributed by atoms with Crippen molar-refractivity contribution in [3.8, 4) is 0 Å². The summed E-state index contributed by atoms with van der Waals surface area (Å²) in [5, 5.41) is 1.53. The zero-order chi connectivity index (χ0) is 10.6. The predicted molar refractivity (Wildman–Crippen MR) is 50.6 cm³/mol. The highest BCUT2D eigenvalue weighted by molar-refractivity contribution is 5.90. The number of aliphatic imine (C=N–C) groups is 2. The van der Waals surface area contributed by atoms with E-state index in [1.807, 2.05) is 0 Å². The SMILES string of the molecule is CNN1C(OC)=NC(OC)=NC1OC. The van der Waals surface area contributed by atoms with Crippen molar-refractivity contribution in [1.82, 2.24) is 10.4 Å². The Balaban J connectivity index is 2.89. The monoisotopic (exact) mass is 202 g/mol. The fourth-order valence-corrected chi connectivity index (χ4v) is 1.02. The fourth-order valence-electron chi connectivity index (χ4n) is 1.02. The Labute approximate surface area is 82.3 Å². The number of nitrogens with one attached hydrogen (secondary N) is 1. The second-order valence-corrected chi connectivity index (χ2v) is 2.37. The van der Waals surface area contributed by atoms with E-state index >= 15 is 0 Å². The van der Waals surface area contributed by atoms with Gasteiger partial charge in [-0.2, -0.15) is 4.99 Å². The number of hydrazine groups is 1. The molecule has 1 aliphatic heterocycles. The third-order valence-corrected chi connectivity index (χ3v) is 1.66. The van der Waals surface area contributed by atoms with E-state index in [2.05, 4.69) is 15.4 Å². The molecule has 0 radical (unpaired) electrons. The highest BCUT2D eigenvalue weighted by Crippen LogP contribution is 2.08. The molecular weight excluding hydrogens is 188 g/mol. The average molecular weight is 202 g/mol. The molecule has 0 amide bonds. The minimum Gasteiger partial charge on any atom is -0.467 e. The van der Waals surface area contributed by atoms with Gasteiger partial charge in [-0.15, -0.1) is 4.99 Å². The van der Waals surface area contributed by atoms with E-state index in [0.29, 0.717) is 6.02 Å². The van der Waals surface area contributed by atoms with Gasteiger partial charge in [0.2, 0.25) is 6.35 Å². The van der Waals surface area contributed by atoms with Crippen LogP contribution in [0.3, 0.4) is 0 Å². The van der Waals surface area contributed by atoms with E-state index < -0.39 is 6.35 Å². The normalized spacial score (nSPS) is 21.4. The third kappa shape index (κ3) is 1.94. The zero-order valence-corrected chi connectivity index (χ0v) is 8.64. The summed E-state index contributed by atoms with van der Waals surface area (Å²) < 4.78 is 15.0. The lowest BCUT2D eigenvalue weighted by Gasteiger charge is -2.30. The Morgan fingerprint density at radius 1 is 1.29 bits per heavy atom. The van der Waals surface area contributed by atoms with Gasteiger partial charge in [0, 0.05) is 14.2 Å². The molecule has 7 heteroatoms. The van der Waals surface area contributed by atoms with E-state index in [1.54, 1.807) is 7.05 Å². The zero-order valence-electron chi connectivity index (χ0n) is 8.64. The van der Waals surface area contributed by atoms with Crippen LogP contribution in [0, 0.1) is 0 Å². The molecule has 14 heavy (non-hydrogen) atoms. The van der Waals surface area contributed by atoms with Gasteiger partial charge in [-0.05, 0) is 0 Å². The molecule has 1 heterocycles. The van der Waals surface area contributed by atoms with Crippen molar-refractivity contribution in [2.75, 3.05) is 28.4 Å². The van der Waals surface area contributed by atoms with Crippen molar-refractivity contribution in [3.05, 3.63) is 0 Å². The molecule has 1 aliphatic rings. The maximum atomic E-state index is 5.09. The van der Waals surface area contributed by atoms with Crippen LogP contribution in [0.25, 0.3) is 0 Å². The van der Waals surface area contributed by atoms with Crippen LogP contribution >= 0.6 is 0 Å². The van der Waals surface area contributed by atoms with Crippen LogP contribution in [0.2, 0.25) is 0 Å². The molecular formula is C7H14N4O3. The second-order valence-electron chi connectivity index (χ2n) is 2.37. The van der Waals surface area contributed by atoms with Crippen molar-refractivity contribution in [1.29, 1.82) is 0 Å². The molecule has 1 unspecified atom stereocenters. The maximum absolute atomic E-state index is 5.09. The minimum absolute atomic E-state index is 0.222. The maximum Gasteiger partial charge on any atom is 0.320 e. The van der Waals surface area contributed by atoms with Crippen LogP contribution in [-0.4, -0.2) is 51.8 Å². The van der Waals surface area contributed by atoms with E-state index in [-0.39, 0.29) is 6.02 Å². The van der Waals surface area contributed by atoms with Crippen molar-refractivity contribution in [2.24, 2.45) is 9.98 Å². The first kappa shape index (κ1) is 10.7. The quantitative estimate of drug-likeness (QED) is 0.645. The lowest BCUT2D eigenvalue weighted by molar-refractivity contribution is -0.0232. The van der Waals surface area contributed by atoms with Crippen molar-refractivity contribution >= 4 is 12.0 Å². The summed E-state index contributed by atoms with van der Waals surface area (Å²) in [6, 6.07) is 0.561. The van der Waals surface area contributed by atoms with Crippen LogP contribution in [0.1, 0.15) is 0 Å². The van der Waals surface area contributed by atoms with Crippen LogP contribution < -0.4 is 5.43 Å². The lowest BCUT2D eigenvalue weighted by atomic mass is 10.7. The average Bonchev–Trinajstić information content (AvgIpc) is 2.26. The first-order chi connectivity index (χ1) is 6.76. The van der Waals surface area contributed by atoms with Gasteiger partial charge < -0.3 is 14.2 Å². The predicted octanol–water partition coefficient (Wildman–Crippen LogP) is -0.629. The molecule has 1 atom stereocenters. The molecule has 0 aromatic heterocycles. The van der Waals surface area contributed by atoms with Crippen molar-refractivity contribution in [2.45, 2.75) is 6.35 Å². The Morgan fingerprint density at radius 3 is 2.43 bits per heavy atom. The molecule has 0 saturated heterocycles. The van der Waals surface area contributed by atoms with Crippen molar-refractivity contribution < 1.29 is 14.2 Å². The summed E-state index contributed by atoms with van der Waals surface area (Å²) >= 11 is 0. The molecule has 0 aromatic carbocycles. The molecule has 0 aliphatic carbocycles. The molecule has 0 fully saturated rings. The van der Waals surface area contributed by atoms with Crippen LogP contribution in [0.4, 0.5) is 0 Å².